The van der Waals surface area contributed by atoms with Gasteiger partial charge in [0.05, 0.1) is 15.8 Å². The number of halogens is 4. The lowest BCUT2D eigenvalue weighted by Gasteiger charge is -2.22. The highest BCUT2D eigenvalue weighted by atomic mass is 79.9. The molecule has 0 aliphatic heterocycles. The van der Waals surface area contributed by atoms with Crippen molar-refractivity contribution in [1.29, 1.82) is 0 Å². The predicted molar refractivity (Wildman–Crippen MR) is 82.7 cm³/mol. The molecule has 7 heteroatoms. The van der Waals surface area contributed by atoms with Gasteiger partial charge < -0.3 is 4.42 Å². The lowest BCUT2D eigenvalue weighted by atomic mass is 10.3. The van der Waals surface area contributed by atoms with E-state index in [1.807, 2.05) is 18.2 Å². The summed E-state index contributed by atoms with van der Waals surface area (Å²) < 4.78 is 6.22. The second kappa shape index (κ2) is 5.19. The molecule has 0 amide bonds. The second-order valence-corrected chi connectivity index (χ2v) is 10.4. The van der Waals surface area contributed by atoms with Crippen molar-refractivity contribution >= 4 is 74.8 Å². The van der Waals surface area contributed by atoms with E-state index in [0.29, 0.717) is 12.1 Å². The Hall–Kier alpha value is 0.410. The van der Waals surface area contributed by atoms with Crippen molar-refractivity contribution in [2.45, 2.75) is 13.5 Å². The molecule has 0 saturated heterocycles. The van der Waals surface area contributed by atoms with Gasteiger partial charge in [0.25, 0.3) is 0 Å². The zero-order chi connectivity index (χ0) is 12.6. The highest BCUT2D eigenvalue weighted by molar-refractivity contribution is 9.30. The maximum atomic E-state index is 11.8. The van der Waals surface area contributed by atoms with Crippen LogP contribution in [0.4, 0.5) is 0 Å². The topological polar surface area (TPSA) is 35.1 Å². The van der Waals surface area contributed by atoms with Gasteiger partial charge in [0.1, 0.15) is 3.23 Å². The van der Waals surface area contributed by atoms with E-state index in [1.165, 1.54) is 0 Å². The summed E-state index contributed by atoms with van der Waals surface area (Å²) >= 11 is 13.8. The third kappa shape index (κ3) is 2.88. The van der Waals surface area contributed by atoms with Gasteiger partial charge in [-0.15, -0.1) is 0 Å². The van der Waals surface area contributed by atoms with Crippen molar-refractivity contribution in [3.8, 4) is 0 Å². The molecule has 1 heterocycles. The van der Waals surface area contributed by atoms with Gasteiger partial charge in [0.15, 0.2) is 5.58 Å². The quantitative estimate of drug-likeness (QED) is 0.602. The van der Waals surface area contributed by atoms with Crippen LogP contribution in [0.3, 0.4) is 0 Å². The standard InChI is InChI=1S/C10H7Br4NO2/c11-8(12)10(13,14)5-15-6-3-1-2-4-7(6)17-9(15)16/h1-4,8H,5H2. The maximum Gasteiger partial charge on any atom is 0.420 e. The largest absolute Gasteiger partial charge is 0.420 e. The Morgan fingerprint density at radius 1 is 1.29 bits per heavy atom. The number of benzene rings is 1. The molecule has 0 saturated carbocycles. The first kappa shape index (κ1) is 13.8. The third-order valence-corrected chi connectivity index (χ3v) is 7.70. The van der Waals surface area contributed by atoms with Crippen LogP contribution in [0.25, 0.3) is 11.1 Å². The molecule has 2 aromatic rings. The Labute approximate surface area is 131 Å². The molecule has 0 aliphatic rings. The Bertz CT molecular complexity index is 587. The molecule has 0 atom stereocenters. The van der Waals surface area contributed by atoms with Crippen molar-refractivity contribution in [2.24, 2.45) is 0 Å². The monoisotopic (exact) mass is 489 g/mol. The first-order chi connectivity index (χ1) is 7.92. The van der Waals surface area contributed by atoms with Crippen LogP contribution in [0.5, 0.6) is 0 Å². The molecule has 3 nitrogen and oxygen atoms in total. The van der Waals surface area contributed by atoms with Crippen LogP contribution in [0.1, 0.15) is 0 Å². The number of rotatable bonds is 3. The Kier molecular flexibility index (Phi) is 4.22. The smallest absolute Gasteiger partial charge is 0.408 e. The Balaban J connectivity index is 2.49. The van der Waals surface area contributed by atoms with Crippen molar-refractivity contribution in [1.82, 2.24) is 4.57 Å². The molecule has 92 valence electrons. The summed E-state index contributed by atoms with van der Waals surface area (Å²) in [6, 6.07) is 7.34. The normalized spacial score (nSPS) is 12.5. The summed E-state index contributed by atoms with van der Waals surface area (Å²) in [7, 11) is 0. The van der Waals surface area contributed by atoms with Gasteiger partial charge in [-0.1, -0.05) is 75.9 Å². The van der Waals surface area contributed by atoms with Gasteiger partial charge in [0.2, 0.25) is 0 Å². The summed E-state index contributed by atoms with van der Waals surface area (Å²) in [5.41, 5.74) is 1.37. The van der Waals surface area contributed by atoms with Crippen LogP contribution >= 0.6 is 63.7 Å². The minimum absolute atomic E-state index is 0.0388. The Morgan fingerprint density at radius 3 is 2.59 bits per heavy atom. The van der Waals surface area contributed by atoms with Gasteiger partial charge in [-0.2, -0.15) is 0 Å². The zero-order valence-electron chi connectivity index (χ0n) is 8.37. The summed E-state index contributed by atoms with van der Waals surface area (Å²) in [6.45, 7) is 0.421. The van der Waals surface area contributed by atoms with E-state index in [-0.39, 0.29) is 9.49 Å². The Morgan fingerprint density at radius 2 is 1.94 bits per heavy atom. The minimum Gasteiger partial charge on any atom is -0.408 e. The van der Waals surface area contributed by atoms with Crippen LogP contribution < -0.4 is 5.76 Å². The molecule has 0 unspecified atom stereocenters. The summed E-state index contributed by atoms with van der Waals surface area (Å²) in [6.07, 6.45) is 0. The summed E-state index contributed by atoms with van der Waals surface area (Å²) in [5.74, 6) is -0.366. The number of aromatic nitrogens is 1. The maximum absolute atomic E-state index is 11.8. The molecule has 0 fully saturated rings. The van der Waals surface area contributed by atoms with Crippen molar-refractivity contribution < 1.29 is 4.42 Å². The molecule has 1 aromatic carbocycles. The van der Waals surface area contributed by atoms with Crippen LogP contribution in [0.15, 0.2) is 33.5 Å². The summed E-state index contributed by atoms with van der Waals surface area (Å²) in [4.78, 5) is 11.8. The molecule has 0 N–H and O–H groups in total. The highest BCUT2D eigenvalue weighted by Gasteiger charge is 2.32. The third-order valence-electron chi connectivity index (χ3n) is 2.26. The molecule has 17 heavy (non-hydrogen) atoms. The van der Waals surface area contributed by atoms with Crippen molar-refractivity contribution in [2.75, 3.05) is 0 Å². The number of oxazole rings is 1. The molecule has 1 aromatic heterocycles. The predicted octanol–water partition coefficient (Wildman–Crippen LogP) is 4.20. The van der Waals surface area contributed by atoms with Gasteiger partial charge in [0, 0.05) is 0 Å². The number of hydrogen-bond acceptors (Lipinski definition) is 2. The number of fused-ring (bicyclic) bond motifs is 1. The molecular weight excluding hydrogens is 486 g/mol. The molecule has 0 spiro atoms. The average molecular weight is 493 g/mol. The number of hydrogen-bond donors (Lipinski definition) is 0. The van der Waals surface area contributed by atoms with Crippen molar-refractivity contribution in [3.63, 3.8) is 0 Å². The van der Waals surface area contributed by atoms with Gasteiger partial charge in [-0.25, -0.2) is 4.79 Å². The fourth-order valence-corrected chi connectivity index (χ4v) is 2.23. The SMILES string of the molecule is O=c1oc2ccccc2n1CC(Br)(Br)C(Br)Br. The van der Waals surface area contributed by atoms with Gasteiger partial charge in [-0.05, 0) is 12.1 Å². The van der Waals surface area contributed by atoms with E-state index in [0.717, 1.165) is 5.52 Å². The molecule has 0 radical (unpaired) electrons. The zero-order valence-corrected chi connectivity index (χ0v) is 14.7. The van der Waals surface area contributed by atoms with Gasteiger partial charge >= 0.3 is 5.76 Å². The number of para-hydroxylation sites is 2. The lowest BCUT2D eigenvalue weighted by Crippen LogP contribution is -2.30. The van der Waals surface area contributed by atoms with Gasteiger partial charge in [-0.3, -0.25) is 4.57 Å². The molecular formula is C10H7Br4NO2. The highest BCUT2D eigenvalue weighted by Crippen LogP contribution is 2.40. The number of nitrogens with zero attached hydrogens (tertiary/aromatic N) is 1. The summed E-state index contributed by atoms with van der Waals surface area (Å²) in [5, 5.41) is 0. The fraction of sp³-hybridized carbons (Fsp3) is 0.300. The van der Waals surface area contributed by atoms with E-state index in [9.17, 15) is 4.79 Å². The van der Waals surface area contributed by atoms with Crippen molar-refractivity contribution in [3.05, 3.63) is 34.8 Å². The van der Waals surface area contributed by atoms with E-state index < -0.39 is 3.23 Å². The fourth-order valence-electron chi connectivity index (χ4n) is 1.44. The first-order valence-electron chi connectivity index (χ1n) is 4.66. The lowest BCUT2D eigenvalue weighted by molar-refractivity contribution is 0.502. The second-order valence-electron chi connectivity index (χ2n) is 3.48. The number of alkyl halides is 4. The van der Waals surface area contributed by atoms with Crippen LogP contribution in [0, 0.1) is 0 Å². The molecule has 0 bridgehead atoms. The first-order valence-corrected chi connectivity index (χ1v) is 8.08. The van der Waals surface area contributed by atoms with E-state index >= 15 is 0 Å². The average Bonchev–Trinajstić information content (AvgIpc) is 2.55. The van der Waals surface area contributed by atoms with E-state index in [4.69, 9.17) is 4.42 Å². The van der Waals surface area contributed by atoms with Crippen LogP contribution in [-0.2, 0) is 6.54 Å². The van der Waals surface area contributed by atoms with Crippen LogP contribution in [-0.4, -0.2) is 11.5 Å². The molecule has 2 rings (SSSR count). The minimum atomic E-state index is -0.476. The van der Waals surface area contributed by atoms with Crippen LogP contribution in [0.2, 0.25) is 0 Å². The van der Waals surface area contributed by atoms with E-state index in [2.05, 4.69) is 63.7 Å². The van der Waals surface area contributed by atoms with E-state index in [1.54, 1.807) is 10.6 Å². The molecule has 0 aliphatic carbocycles.